The zero-order chi connectivity index (χ0) is 11.0. The molecule has 3 heterocycles. The van der Waals surface area contributed by atoms with Crippen LogP contribution in [-0.4, -0.2) is 28.9 Å². The monoisotopic (exact) mass is 216 g/mol. The molecule has 2 aromatic heterocycles. The molecular formula is C12H12N2O2. The molecule has 0 N–H and O–H groups in total. The second-order valence-electron chi connectivity index (χ2n) is 4.07. The number of hydrogen-bond acceptors (Lipinski definition) is 3. The highest BCUT2D eigenvalue weighted by atomic mass is 16.5. The Hall–Kier alpha value is -1.68. The first kappa shape index (κ1) is 9.54. The molecule has 1 atom stereocenters. The largest absolute Gasteiger partial charge is 0.381 e. The van der Waals surface area contributed by atoms with Gasteiger partial charge in [0.05, 0.1) is 12.3 Å². The van der Waals surface area contributed by atoms with Crippen LogP contribution in [0.1, 0.15) is 28.4 Å². The van der Waals surface area contributed by atoms with Crippen LogP contribution in [0.25, 0.3) is 5.65 Å². The van der Waals surface area contributed by atoms with E-state index >= 15 is 0 Å². The van der Waals surface area contributed by atoms with Gasteiger partial charge in [0, 0.05) is 30.5 Å². The summed E-state index contributed by atoms with van der Waals surface area (Å²) in [5, 5.41) is 0. The number of ether oxygens (including phenoxy) is 1. The van der Waals surface area contributed by atoms with E-state index in [-0.39, 0.29) is 0 Å². The second-order valence-corrected chi connectivity index (χ2v) is 4.07. The van der Waals surface area contributed by atoms with Crippen molar-refractivity contribution in [1.29, 1.82) is 0 Å². The quantitative estimate of drug-likeness (QED) is 0.717. The predicted octanol–water partition coefficient (Wildman–Crippen LogP) is 1.65. The molecule has 0 radical (unpaired) electrons. The summed E-state index contributed by atoms with van der Waals surface area (Å²) >= 11 is 0. The fourth-order valence-electron chi connectivity index (χ4n) is 2.06. The average Bonchev–Trinajstić information content (AvgIpc) is 2.96. The van der Waals surface area contributed by atoms with Crippen LogP contribution in [0.5, 0.6) is 0 Å². The third-order valence-electron chi connectivity index (χ3n) is 2.98. The van der Waals surface area contributed by atoms with Gasteiger partial charge in [-0.05, 0) is 18.6 Å². The molecule has 3 rings (SSSR count). The summed E-state index contributed by atoms with van der Waals surface area (Å²) in [4.78, 5) is 15.2. The van der Waals surface area contributed by atoms with Crippen molar-refractivity contribution in [3.8, 4) is 0 Å². The molecule has 1 aliphatic heterocycles. The van der Waals surface area contributed by atoms with E-state index in [9.17, 15) is 4.79 Å². The van der Waals surface area contributed by atoms with E-state index in [1.807, 2.05) is 16.7 Å². The SMILES string of the molecule is O=Cc1ccc2nc(C3CCOC3)cn2c1. The highest BCUT2D eigenvalue weighted by Gasteiger charge is 2.20. The van der Waals surface area contributed by atoms with E-state index in [1.54, 1.807) is 12.3 Å². The van der Waals surface area contributed by atoms with Crippen molar-refractivity contribution in [2.45, 2.75) is 12.3 Å². The number of fused-ring (bicyclic) bond motifs is 1. The topological polar surface area (TPSA) is 43.6 Å². The first-order chi connectivity index (χ1) is 7.86. The molecule has 4 nitrogen and oxygen atoms in total. The predicted molar refractivity (Wildman–Crippen MR) is 58.8 cm³/mol. The fraction of sp³-hybridized carbons (Fsp3) is 0.333. The van der Waals surface area contributed by atoms with Crippen molar-refractivity contribution in [2.24, 2.45) is 0 Å². The number of nitrogens with zero attached hydrogens (tertiary/aromatic N) is 2. The Labute approximate surface area is 92.9 Å². The summed E-state index contributed by atoms with van der Waals surface area (Å²) in [5.41, 5.74) is 2.60. The Morgan fingerprint density at radius 1 is 1.44 bits per heavy atom. The van der Waals surface area contributed by atoms with Crippen molar-refractivity contribution in [2.75, 3.05) is 13.2 Å². The Bertz CT molecular complexity index is 527. The normalized spacial score (nSPS) is 20.4. The lowest BCUT2D eigenvalue weighted by Crippen LogP contribution is -1.96. The van der Waals surface area contributed by atoms with Gasteiger partial charge in [-0.15, -0.1) is 0 Å². The van der Waals surface area contributed by atoms with Gasteiger partial charge in [0.2, 0.25) is 0 Å². The summed E-state index contributed by atoms with van der Waals surface area (Å²) < 4.78 is 7.25. The van der Waals surface area contributed by atoms with Gasteiger partial charge in [-0.2, -0.15) is 0 Å². The number of carbonyl (C=O) groups excluding carboxylic acids is 1. The van der Waals surface area contributed by atoms with E-state index in [1.165, 1.54) is 0 Å². The highest BCUT2D eigenvalue weighted by Crippen LogP contribution is 2.24. The van der Waals surface area contributed by atoms with Crippen LogP contribution in [0.3, 0.4) is 0 Å². The Morgan fingerprint density at radius 3 is 3.12 bits per heavy atom. The Kier molecular flexibility index (Phi) is 2.22. The summed E-state index contributed by atoms with van der Waals surface area (Å²) in [6.45, 7) is 1.57. The molecule has 1 unspecified atom stereocenters. The molecule has 16 heavy (non-hydrogen) atoms. The van der Waals surface area contributed by atoms with Gasteiger partial charge < -0.3 is 9.14 Å². The number of pyridine rings is 1. The van der Waals surface area contributed by atoms with Crippen molar-refractivity contribution in [3.63, 3.8) is 0 Å². The molecule has 0 amide bonds. The minimum atomic E-state index is 0.402. The smallest absolute Gasteiger partial charge is 0.151 e. The molecule has 2 aromatic rings. The van der Waals surface area contributed by atoms with E-state index in [2.05, 4.69) is 4.98 Å². The van der Waals surface area contributed by atoms with Crippen LogP contribution in [0.2, 0.25) is 0 Å². The van der Waals surface area contributed by atoms with E-state index in [4.69, 9.17) is 4.74 Å². The third kappa shape index (κ3) is 1.51. The van der Waals surface area contributed by atoms with Gasteiger partial charge in [-0.3, -0.25) is 4.79 Å². The fourth-order valence-corrected chi connectivity index (χ4v) is 2.06. The molecule has 1 fully saturated rings. The number of rotatable bonds is 2. The lowest BCUT2D eigenvalue weighted by atomic mass is 10.1. The molecule has 0 spiro atoms. The molecule has 0 bridgehead atoms. The Morgan fingerprint density at radius 2 is 2.38 bits per heavy atom. The maximum atomic E-state index is 10.7. The number of carbonyl (C=O) groups is 1. The Balaban J connectivity index is 2.04. The van der Waals surface area contributed by atoms with Crippen LogP contribution >= 0.6 is 0 Å². The maximum absolute atomic E-state index is 10.7. The second kappa shape index (κ2) is 3.72. The lowest BCUT2D eigenvalue weighted by Gasteiger charge is -2.00. The van der Waals surface area contributed by atoms with Crippen LogP contribution in [0.15, 0.2) is 24.5 Å². The first-order valence-corrected chi connectivity index (χ1v) is 5.38. The maximum Gasteiger partial charge on any atom is 0.151 e. The van der Waals surface area contributed by atoms with Gasteiger partial charge in [-0.25, -0.2) is 4.98 Å². The van der Waals surface area contributed by atoms with E-state index < -0.39 is 0 Å². The van der Waals surface area contributed by atoms with E-state index in [0.717, 1.165) is 37.3 Å². The van der Waals surface area contributed by atoms with Gasteiger partial charge in [0.1, 0.15) is 5.65 Å². The minimum absolute atomic E-state index is 0.402. The van der Waals surface area contributed by atoms with Crippen LogP contribution in [0, 0.1) is 0 Å². The number of hydrogen-bond donors (Lipinski definition) is 0. The van der Waals surface area contributed by atoms with Gasteiger partial charge in [0.25, 0.3) is 0 Å². The standard InChI is InChI=1S/C12H12N2O2/c15-7-9-1-2-12-13-11(6-14(12)5-9)10-3-4-16-8-10/h1-2,5-7,10H,3-4,8H2. The van der Waals surface area contributed by atoms with Crippen LogP contribution < -0.4 is 0 Å². The van der Waals surface area contributed by atoms with Crippen LogP contribution in [-0.2, 0) is 4.74 Å². The molecule has 82 valence electrons. The summed E-state index contributed by atoms with van der Waals surface area (Å²) in [6, 6.07) is 3.65. The minimum Gasteiger partial charge on any atom is -0.381 e. The van der Waals surface area contributed by atoms with Gasteiger partial charge in [-0.1, -0.05) is 0 Å². The zero-order valence-corrected chi connectivity index (χ0v) is 8.80. The van der Waals surface area contributed by atoms with E-state index in [0.29, 0.717) is 11.5 Å². The van der Waals surface area contributed by atoms with Crippen molar-refractivity contribution in [1.82, 2.24) is 9.38 Å². The molecule has 4 heteroatoms. The van der Waals surface area contributed by atoms with Gasteiger partial charge in [0.15, 0.2) is 6.29 Å². The average molecular weight is 216 g/mol. The first-order valence-electron chi connectivity index (χ1n) is 5.38. The lowest BCUT2D eigenvalue weighted by molar-refractivity contribution is 0.112. The molecule has 1 saturated heterocycles. The third-order valence-corrected chi connectivity index (χ3v) is 2.98. The number of aldehydes is 1. The van der Waals surface area contributed by atoms with Gasteiger partial charge >= 0.3 is 0 Å². The van der Waals surface area contributed by atoms with Crippen molar-refractivity contribution < 1.29 is 9.53 Å². The van der Waals surface area contributed by atoms with Crippen LogP contribution in [0.4, 0.5) is 0 Å². The summed E-state index contributed by atoms with van der Waals surface area (Å²) in [7, 11) is 0. The molecule has 0 aliphatic carbocycles. The molecular weight excluding hydrogens is 204 g/mol. The number of aromatic nitrogens is 2. The van der Waals surface area contributed by atoms with Crippen molar-refractivity contribution >= 4 is 11.9 Å². The molecule has 0 aromatic carbocycles. The number of imidazole rings is 1. The van der Waals surface area contributed by atoms with Crippen molar-refractivity contribution in [3.05, 3.63) is 35.8 Å². The summed E-state index contributed by atoms with van der Waals surface area (Å²) in [6.07, 6.45) is 5.67. The molecule has 1 aliphatic rings. The zero-order valence-electron chi connectivity index (χ0n) is 8.80. The summed E-state index contributed by atoms with van der Waals surface area (Å²) in [5.74, 6) is 0.402. The highest BCUT2D eigenvalue weighted by molar-refractivity contribution is 5.74. The molecule has 0 saturated carbocycles.